The summed E-state index contributed by atoms with van der Waals surface area (Å²) in [5, 5.41) is 0. The van der Waals surface area contributed by atoms with Crippen LogP contribution in [0.15, 0.2) is 18.2 Å². The number of carbonyl (C=O) groups is 1. The molecule has 0 spiro atoms. The minimum Gasteiger partial charge on any atom is -0.479 e. The van der Waals surface area contributed by atoms with Crippen molar-refractivity contribution in [2.24, 2.45) is 0 Å². The van der Waals surface area contributed by atoms with Crippen molar-refractivity contribution in [3.63, 3.8) is 0 Å². The van der Waals surface area contributed by atoms with Gasteiger partial charge >= 0.3 is 5.97 Å². The lowest BCUT2D eigenvalue weighted by Crippen LogP contribution is -1.98. The van der Waals surface area contributed by atoms with Gasteiger partial charge in [0.25, 0.3) is 0 Å². The van der Waals surface area contributed by atoms with E-state index in [1.807, 2.05) is 26.0 Å². The number of benzene rings is 1. The summed E-state index contributed by atoms with van der Waals surface area (Å²) in [6, 6.07) is 3.99. The highest BCUT2D eigenvalue weighted by molar-refractivity contribution is 7.10. The van der Waals surface area contributed by atoms with Gasteiger partial charge in [-0.1, -0.05) is 11.6 Å². The van der Waals surface area contributed by atoms with Crippen LogP contribution < -0.4 is 4.52 Å². The fourth-order valence-electron chi connectivity index (χ4n) is 1.62. The zero-order valence-corrected chi connectivity index (χ0v) is 11.5. The first-order chi connectivity index (χ1) is 8.08. The third kappa shape index (κ3) is 3.86. The molecule has 3 nitrogen and oxygen atoms in total. The van der Waals surface area contributed by atoms with Crippen molar-refractivity contribution in [1.82, 2.24) is 0 Å². The van der Waals surface area contributed by atoms with Gasteiger partial charge < -0.3 is 9.26 Å². The lowest BCUT2D eigenvalue weighted by molar-refractivity contribution is -0.137. The standard InChI is InChI=1S/C13H17O3P/c1-4-15-12(14)6-5-11-8-9(2)7-10(3)13(11)16-17/h5-8H,4,17H2,1-3H3/b6-5+. The SMILES string of the molecule is CCOC(=O)/C=C/c1cc(C)cc(C)c1OP. The summed E-state index contributed by atoms with van der Waals surface area (Å²) in [6.45, 7) is 6.12. The van der Waals surface area contributed by atoms with Crippen LogP contribution in [0.5, 0.6) is 5.75 Å². The minimum atomic E-state index is -0.346. The third-order valence-electron chi connectivity index (χ3n) is 2.25. The van der Waals surface area contributed by atoms with E-state index in [1.165, 1.54) is 6.08 Å². The van der Waals surface area contributed by atoms with Crippen LogP contribution in [0, 0.1) is 13.8 Å². The van der Waals surface area contributed by atoms with Gasteiger partial charge in [-0.15, -0.1) is 0 Å². The quantitative estimate of drug-likeness (QED) is 0.469. The zero-order chi connectivity index (χ0) is 12.8. The number of ether oxygens (including phenoxy) is 1. The van der Waals surface area contributed by atoms with E-state index in [9.17, 15) is 4.79 Å². The van der Waals surface area contributed by atoms with Crippen LogP contribution in [-0.2, 0) is 9.53 Å². The highest BCUT2D eigenvalue weighted by Gasteiger charge is 2.05. The molecule has 0 bridgehead atoms. The zero-order valence-electron chi connectivity index (χ0n) is 10.3. The van der Waals surface area contributed by atoms with Crippen molar-refractivity contribution in [2.75, 3.05) is 6.61 Å². The second kappa shape index (κ2) is 6.41. The van der Waals surface area contributed by atoms with Crippen molar-refractivity contribution in [1.29, 1.82) is 0 Å². The molecule has 4 heteroatoms. The van der Waals surface area contributed by atoms with Crippen molar-refractivity contribution in [3.05, 3.63) is 34.9 Å². The molecule has 1 aromatic rings. The van der Waals surface area contributed by atoms with E-state index in [1.54, 1.807) is 13.0 Å². The molecule has 0 saturated heterocycles. The van der Waals surface area contributed by atoms with Crippen LogP contribution in [0.4, 0.5) is 0 Å². The van der Waals surface area contributed by atoms with Gasteiger partial charge in [0.2, 0.25) is 0 Å². The molecule has 92 valence electrons. The fourth-order valence-corrected chi connectivity index (χ4v) is 1.94. The monoisotopic (exact) mass is 252 g/mol. The maximum Gasteiger partial charge on any atom is 0.330 e. The number of esters is 1. The Labute approximate surface area is 104 Å². The van der Waals surface area contributed by atoms with Gasteiger partial charge in [0.1, 0.15) is 5.75 Å². The average molecular weight is 252 g/mol. The number of aryl methyl sites for hydroxylation is 2. The molecule has 0 aromatic heterocycles. The Kier molecular flexibility index (Phi) is 5.17. The maximum atomic E-state index is 11.2. The molecule has 0 fully saturated rings. The highest BCUT2D eigenvalue weighted by Crippen LogP contribution is 2.28. The van der Waals surface area contributed by atoms with Crippen LogP contribution in [0.2, 0.25) is 0 Å². The Morgan fingerprint density at radius 1 is 1.41 bits per heavy atom. The molecule has 0 N–H and O–H groups in total. The first kappa shape index (κ1) is 13.7. The molecule has 0 aliphatic rings. The normalized spacial score (nSPS) is 10.6. The smallest absolute Gasteiger partial charge is 0.330 e. The van der Waals surface area contributed by atoms with Crippen molar-refractivity contribution in [3.8, 4) is 5.75 Å². The van der Waals surface area contributed by atoms with Crippen LogP contribution in [-0.4, -0.2) is 12.6 Å². The van der Waals surface area contributed by atoms with Gasteiger partial charge in [0, 0.05) is 11.6 Å². The topological polar surface area (TPSA) is 35.5 Å². The predicted octanol–water partition coefficient (Wildman–Crippen LogP) is 3.05. The molecule has 17 heavy (non-hydrogen) atoms. The Morgan fingerprint density at radius 3 is 2.71 bits per heavy atom. The van der Waals surface area contributed by atoms with Gasteiger partial charge in [-0.25, -0.2) is 4.79 Å². The van der Waals surface area contributed by atoms with E-state index in [4.69, 9.17) is 9.26 Å². The summed E-state index contributed by atoms with van der Waals surface area (Å²) in [6.07, 6.45) is 3.11. The molecule has 0 aliphatic carbocycles. The van der Waals surface area contributed by atoms with Gasteiger partial charge in [0.05, 0.1) is 16.1 Å². The molecule has 0 heterocycles. The number of carbonyl (C=O) groups excluding carboxylic acids is 1. The molecule has 0 radical (unpaired) electrons. The summed E-state index contributed by atoms with van der Waals surface area (Å²) in [7, 11) is 2.22. The Balaban J connectivity index is 3.01. The summed E-state index contributed by atoms with van der Waals surface area (Å²) in [5.74, 6) is 0.405. The third-order valence-corrected chi connectivity index (χ3v) is 2.49. The van der Waals surface area contributed by atoms with E-state index in [0.29, 0.717) is 6.61 Å². The molecule has 0 amide bonds. The Bertz CT molecular complexity index is 439. The molecule has 0 aliphatic heterocycles. The summed E-state index contributed by atoms with van der Waals surface area (Å²) in [5.41, 5.74) is 3.02. The van der Waals surface area contributed by atoms with Gasteiger partial charge in [-0.05, 0) is 38.5 Å². The van der Waals surface area contributed by atoms with Gasteiger partial charge in [0.15, 0.2) is 0 Å². The first-order valence-electron chi connectivity index (χ1n) is 5.41. The molecule has 1 unspecified atom stereocenters. The van der Waals surface area contributed by atoms with Gasteiger partial charge in [-0.3, -0.25) is 0 Å². The summed E-state index contributed by atoms with van der Waals surface area (Å²) in [4.78, 5) is 11.2. The van der Waals surface area contributed by atoms with E-state index >= 15 is 0 Å². The first-order valence-corrected chi connectivity index (χ1v) is 5.88. The van der Waals surface area contributed by atoms with Crippen LogP contribution in [0.1, 0.15) is 23.6 Å². The molecule has 1 atom stereocenters. The molecular formula is C13H17O3P. The predicted molar refractivity (Wildman–Crippen MR) is 71.9 cm³/mol. The number of hydrogen-bond donors (Lipinski definition) is 0. The lowest BCUT2D eigenvalue weighted by atomic mass is 10.1. The highest BCUT2D eigenvalue weighted by atomic mass is 31.0. The van der Waals surface area contributed by atoms with E-state index in [-0.39, 0.29) is 5.97 Å². The van der Waals surface area contributed by atoms with Crippen molar-refractivity contribution in [2.45, 2.75) is 20.8 Å². The minimum absolute atomic E-state index is 0.346. The van der Waals surface area contributed by atoms with Crippen molar-refractivity contribution >= 4 is 21.5 Å². The van der Waals surface area contributed by atoms with E-state index in [2.05, 4.69) is 9.47 Å². The number of rotatable bonds is 4. The summed E-state index contributed by atoms with van der Waals surface area (Å²) < 4.78 is 10.1. The fraction of sp³-hybridized carbons (Fsp3) is 0.308. The van der Waals surface area contributed by atoms with E-state index < -0.39 is 0 Å². The maximum absolute atomic E-state index is 11.2. The average Bonchev–Trinajstić information content (AvgIpc) is 2.26. The molecule has 0 saturated carbocycles. The number of hydrogen-bond acceptors (Lipinski definition) is 3. The second-order valence-corrected chi connectivity index (χ2v) is 3.94. The van der Waals surface area contributed by atoms with E-state index in [0.717, 1.165) is 22.4 Å². The largest absolute Gasteiger partial charge is 0.479 e. The Morgan fingerprint density at radius 2 is 2.12 bits per heavy atom. The second-order valence-electron chi connectivity index (χ2n) is 3.70. The van der Waals surface area contributed by atoms with Crippen molar-refractivity contribution < 1.29 is 14.1 Å². The molecular weight excluding hydrogens is 235 g/mol. The molecule has 1 aromatic carbocycles. The summed E-state index contributed by atoms with van der Waals surface area (Å²) >= 11 is 0. The van der Waals surface area contributed by atoms with Crippen LogP contribution >= 0.6 is 9.47 Å². The lowest BCUT2D eigenvalue weighted by Gasteiger charge is -2.09. The van der Waals surface area contributed by atoms with Crippen LogP contribution in [0.25, 0.3) is 6.08 Å². The van der Waals surface area contributed by atoms with Crippen LogP contribution in [0.3, 0.4) is 0 Å². The Hall–Kier alpha value is -1.34. The van der Waals surface area contributed by atoms with Gasteiger partial charge in [-0.2, -0.15) is 0 Å². The molecule has 1 rings (SSSR count).